The molecule has 1 aliphatic heterocycles. The van der Waals surface area contributed by atoms with Gasteiger partial charge in [-0.15, -0.1) is 0 Å². The third kappa shape index (κ3) is 2.16. The number of rotatable bonds is 2. The minimum Gasteiger partial charge on any atom is -0.287 e. The number of allylic oxidation sites excluding steroid dienone is 1. The van der Waals surface area contributed by atoms with Gasteiger partial charge in [-0.3, -0.25) is 4.99 Å². The second-order valence-electron chi connectivity index (χ2n) is 5.86. The van der Waals surface area contributed by atoms with Gasteiger partial charge >= 0.3 is 0 Å². The molecule has 0 radical (unpaired) electrons. The Balaban J connectivity index is 2.13. The largest absolute Gasteiger partial charge is 0.287 e. The molecule has 15 heavy (non-hydrogen) atoms. The summed E-state index contributed by atoms with van der Waals surface area (Å²) in [7, 11) is 0. The molecule has 0 aromatic heterocycles. The van der Waals surface area contributed by atoms with Crippen molar-refractivity contribution >= 4 is 6.21 Å². The highest BCUT2D eigenvalue weighted by atomic mass is 14.9. The summed E-state index contributed by atoms with van der Waals surface area (Å²) < 4.78 is 0. The summed E-state index contributed by atoms with van der Waals surface area (Å²) in [6, 6.07) is 0. The first-order chi connectivity index (χ1) is 7.03. The highest BCUT2D eigenvalue weighted by Gasteiger charge is 2.46. The first-order valence-corrected chi connectivity index (χ1v) is 6.26. The maximum Gasteiger partial charge on any atom is 0.0786 e. The normalized spacial score (nSPS) is 44.5. The van der Waals surface area contributed by atoms with Gasteiger partial charge in [0.25, 0.3) is 0 Å². The van der Waals surface area contributed by atoms with Gasteiger partial charge in [-0.2, -0.15) is 0 Å². The van der Waals surface area contributed by atoms with E-state index in [2.05, 4.69) is 46.1 Å². The molecule has 1 fully saturated rings. The van der Waals surface area contributed by atoms with Crippen molar-refractivity contribution in [1.82, 2.24) is 0 Å². The van der Waals surface area contributed by atoms with Crippen LogP contribution >= 0.6 is 0 Å². The molecule has 4 atom stereocenters. The maximum atomic E-state index is 4.79. The van der Waals surface area contributed by atoms with Gasteiger partial charge in [0, 0.05) is 6.21 Å². The lowest BCUT2D eigenvalue weighted by Crippen LogP contribution is -2.22. The van der Waals surface area contributed by atoms with E-state index in [-0.39, 0.29) is 5.54 Å². The summed E-state index contributed by atoms with van der Waals surface area (Å²) in [6.45, 7) is 9.22. The van der Waals surface area contributed by atoms with E-state index < -0.39 is 0 Å². The first kappa shape index (κ1) is 10.9. The minimum atomic E-state index is 0.100. The molecule has 2 rings (SSSR count). The molecule has 1 aliphatic carbocycles. The van der Waals surface area contributed by atoms with Gasteiger partial charge in [0.1, 0.15) is 0 Å². The Morgan fingerprint density at radius 1 is 1.40 bits per heavy atom. The van der Waals surface area contributed by atoms with Crippen LogP contribution in [0.1, 0.15) is 40.5 Å². The molecular weight excluding hydrogens is 182 g/mol. The van der Waals surface area contributed by atoms with Gasteiger partial charge in [-0.05, 0) is 43.4 Å². The second-order valence-corrected chi connectivity index (χ2v) is 5.86. The van der Waals surface area contributed by atoms with E-state index in [9.17, 15) is 0 Å². The Hall–Kier alpha value is -0.590. The first-order valence-electron chi connectivity index (χ1n) is 6.26. The third-order valence-electron chi connectivity index (χ3n) is 4.14. The Bertz CT molecular complexity index is 290. The number of hydrogen-bond acceptors (Lipinski definition) is 1. The van der Waals surface area contributed by atoms with Crippen molar-refractivity contribution in [1.29, 1.82) is 0 Å². The monoisotopic (exact) mass is 205 g/mol. The van der Waals surface area contributed by atoms with Crippen LogP contribution in [0.3, 0.4) is 0 Å². The maximum absolute atomic E-state index is 4.79. The summed E-state index contributed by atoms with van der Waals surface area (Å²) in [4.78, 5) is 4.79. The molecule has 0 saturated heterocycles. The topological polar surface area (TPSA) is 12.4 Å². The van der Waals surface area contributed by atoms with Crippen LogP contribution in [0.4, 0.5) is 0 Å². The average Bonchev–Trinajstić information content (AvgIpc) is 2.90. The van der Waals surface area contributed by atoms with Crippen LogP contribution in [-0.2, 0) is 0 Å². The van der Waals surface area contributed by atoms with Crippen molar-refractivity contribution in [2.24, 2.45) is 28.7 Å². The van der Waals surface area contributed by atoms with Gasteiger partial charge in [-0.1, -0.05) is 32.9 Å². The SMILES string of the molecule is CC(C)C1C=CC(C)(C2CC2C)N=CC1. The molecule has 0 amide bonds. The van der Waals surface area contributed by atoms with Crippen molar-refractivity contribution < 1.29 is 0 Å². The lowest BCUT2D eigenvalue weighted by Gasteiger charge is -2.20. The fraction of sp³-hybridized carbons (Fsp3) is 0.786. The number of nitrogens with zero attached hydrogens (tertiary/aromatic N) is 1. The number of aliphatic imine (C=N–C) groups is 1. The van der Waals surface area contributed by atoms with Crippen LogP contribution in [0.5, 0.6) is 0 Å². The summed E-state index contributed by atoms with van der Waals surface area (Å²) >= 11 is 0. The fourth-order valence-corrected chi connectivity index (χ4v) is 2.66. The molecule has 84 valence electrons. The van der Waals surface area contributed by atoms with E-state index in [1.54, 1.807) is 0 Å². The van der Waals surface area contributed by atoms with Crippen molar-refractivity contribution in [3.05, 3.63) is 12.2 Å². The van der Waals surface area contributed by atoms with Crippen LogP contribution in [0.2, 0.25) is 0 Å². The fourth-order valence-electron chi connectivity index (χ4n) is 2.66. The molecule has 1 heterocycles. The Kier molecular flexibility index (Phi) is 2.74. The quantitative estimate of drug-likeness (QED) is 0.609. The molecule has 2 aliphatic rings. The standard InChI is InChI=1S/C14H23N/c1-10(2)12-5-7-14(4,15-8-6-12)13-9-11(13)3/h5,7-8,10-13H,6,9H2,1-4H3. The van der Waals surface area contributed by atoms with Gasteiger partial charge in [0.15, 0.2) is 0 Å². The van der Waals surface area contributed by atoms with Crippen LogP contribution < -0.4 is 0 Å². The van der Waals surface area contributed by atoms with Crippen molar-refractivity contribution in [2.45, 2.75) is 46.1 Å². The summed E-state index contributed by atoms with van der Waals surface area (Å²) in [6.07, 6.45) is 9.41. The zero-order valence-corrected chi connectivity index (χ0v) is 10.4. The van der Waals surface area contributed by atoms with E-state index in [0.29, 0.717) is 5.92 Å². The Morgan fingerprint density at radius 2 is 2.07 bits per heavy atom. The predicted molar refractivity (Wildman–Crippen MR) is 66.3 cm³/mol. The lowest BCUT2D eigenvalue weighted by atomic mass is 9.90. The molecule has 1 heteroatoms. The van der Waals surface area contributed by atoms with Gasteiger partial charge in [0.05, 0.1) is 5.54 Å². The second kappa shape index (κ2) is 3.77. The molecule has 0 spiro atoms. The summed E-state index contributed by atoms with van der Waals surface area (Å²) in [5, 5.41) is 0. The highest BCUT2D eigenvalue weighted by Crippen LogP contribution is 2.49. The van der Waals surface area contributed by atoms with Crippen LogP contribution in [-0.4, -0.2) is 11.8 Å². The molecule has 1 nitrogen and oxygen atoms in total. The van der Waals surface area contributed by atoms with Crippen molar-refractivity contribution in [3.63, 3.8) is 0 Å². The predicted octanol–water partition coefficient (Wildman–Crippen LogP) is 3.70. The number of hydrogen-bond donors (Lipinski definition) is 0. The van der Waals surface area contributed by atoms with Crippen molar-refractivity contribution in [2.75, 3.05) is 0 Å². The average molecular weight is 205 g/mol. The van der Waals surface area contributed by atoms with Gasteiger partial charge < -0.3 is 0 Å². The zero-order chi connectivity index (χ0) is 11.1. The summed E-state index contributed by atoms with van der Waals surface area (Å²) in [5.41, 5.74) is 0.100. The van der Waals surface area contributed by atoms with E-state index >= 15 is 0 Å². The molecular formula is C14H23N. The molecule has 0 N–H and O–H groups in total. The minimum absolute atomic E-state index is 0.100. The Morgan fingerprint density at radius 3 is 2.60 bits per heavy atom. The molecule has 4 unspecified atom stereocenters. The van der Waals surface area contributed by atoms with E-state index in [1.165, 1.54) is 6.42 Å². The van der Waals surface area contributed by atoms with E-state index in [4.69, 9.17) is 4.99 Å². The molecule has 0 aromatic carbocycles. The lowest BCUT2D eigenvalue weighted by molar-refractivity contribution is 0.475. The molecule has 1 saturated carbocycles. The van der Waals surface area contributed by atoms with Crippen LogP contribution in [0.25, 0.3) is 0 Å². The molecule has 0 bridgehead atoms. The van der Waals surface area contributed by atoms with Gasteiger partial charge in [-0.25, -0.2) is 0 Å². The third-order valence-corrected chi connectivity index (χ3v) is 4.14. The van der Waals surface area contributed by atoms with Crippen LogP contribution in [0, 0.1) is 23.7 Å². The van der Waals surface area contributed by atoms with Crippen LogP contribution in [0.15, 0.2) is 17.1 Å². The molecule has 0 aromatic rings. The van der Waals surface area contributed by atoms with E-state index in [1.807, 2.05) is 0 Å². The highest BCUT2D eigenvalue weighted by molar-refractivity contribution is 5.60. The smallest absolute Gasteiger partial charge is 0.0786 e. The van der Waals surface area contributed by atoms with E-state index in [0.717, 1.165) is 24.2 Å². The van der Waals surface area contributed by atoms with Crippen molar-refractivity contribution in [3.8, 4) is 0 Å². The summed E-state index contributed by atoms with van der Waals surface area (Å²) in [5.74, 6) is 3.07. The van der Waals surface area contributed by atoms with Gasteiger partial charge in [0.2, 0.25) is 0 Å². The Labute approximate surface area is 93.7 Å². The zero-order valence-electron chi connectivity index (χ0n) is 10.4.